The molecule has 1 aliphatic heterocycles. The number of benzene rings is 3. The van der Waals surface area contributed by atoms with E-state index in [4.69, 9.17) is 16.3 Å². The summed E-state index contributed by atoms with van der Waals surface area (Å²) >= 11 is 6.04. The number of H-pyrrole nitrogens is 1. The van der Waals surface area contributed by atoms with Gasteiger partial charge in [0.2, 0.25) is 5.95 Å². The van der Waals surface area contributed by atoms with E-state index in [1.807, 2.05) is 71.3 Å². The molecule has 1 aromatic heterocycles. The van der Waals surface area contributed by atoms with Crippen LogP contribution in [0.2, 0.25) is 5.02 Å². The van der Waals surface area contributed by atoms with Crippen LogP contribution in [0, 0.1) is 6.92 Å². The number of hydrogen-bond acceptors (Lipinski definition) is 5. The molecule has 1 amide bonds. The number of carbonyl (C=O) groups excluding carboxylic acids is 1. The maximum atomic E-state index is 13.1. The van der Waals surface area contributed by atoms with Crippen LogP contribution in [0.4, 0.5) is 5.95 Å². The fourth-order valence-electron chi connectivity index (χ4n) is 4.26. The van der Waals surface area contributed by atoms with E-state index in [2.05, 4.69) is 9.97 Å². The minimum atomic E-state index is -0.155. The average Bonchev–Trinajstić information content (AvgIpc) is 2.87. The molecule has 0 spiro atoms. The van der Waals surface area contributed by atoms with Crippen molar-refractivity contribution in [3.8, 4) is 5.75 Å². The number of aromatic nitrogens is 2. The predicted molar refractivity (Wildman–Crippen MR) is 137 cm³/mol. The lowest BCUT2D eigenvalue weighted by atomic mass is 10.1. The summed E-state index contributed by atoms with van der Waals surface area (Å²) in [5.74, 6) is 1.25. The van der Waals surface area contributed by atoms with Crippen LogP contribution < -0.4 is 15.2 Å². The van der Waals surface area contributed by atoms with Gasteiger partial charge in [0.05, 0.1) is 10.9 Å². The first-order valence-electron chi connectivity index (χ1n) is 11.5. The van der Waals surface area contributed by atoms with Gasteiger partial charge in [-0.05, 0) is 60.5 Å². The van der Waals surface area contributed by atoms with Gasteiger partial charge in [-0.2, -0.15) is 0 Å². The molecule has 1 aliphatic rings. The molecule has 35 heavy (non-hydrogen) atoms. The number of fused-ring (bicyclic) bond motifs is 1. The zero-order valence-corrected chi connectivity index (χ0v) is 20.1. The fourth-order valence-corrected chi connectivity index (χ4v) is 4.47. The third-order valence-corrected chi connectivity index (χ3v) is 6.41. The predicted octanol–water partition coefficient (Wildman–Crippen LogP) is 4.43. The molecule has 0 unspecified atom stereocenters. The van der Waals surface area contributed by atoms with Crippen molar-refractivity contribution >= 4 is 34.4 Å². The van der Waals surface area contributed by atoms with E-state index in [-0.39, 0.29) is 11.5 Å². The van der Waals surface area contributed by atoms with Crippen LogP contribution >= 0.6 is 11.6 Å². The van der Waals surface area contributed by atoms with Crippen molar-refractivity contribution < 1.29 is 9.53 Å². The number of anilines is 1. The van der Waals surface area contributed by atoms with Gasteiger partial charge in [-0.3, -0.25) is 14.6 Å². The summed E-state index contributed by atoms with van der Waals surface area (Å²) in [5, 5.41) is 1.24. The van der Waals surface area contributed by atoms with Crippen molar-refractivity contribution in [2.24, 2.45) is 0 Å². The normalized spacial score (nSPS) is 13.8. The van der Waals surface area contributed by atoms with Gasteiger partial charge in [0, 0.05) is 36.8 Å². The Morgan fingerprint density at radius 2 is 1.83 bits per heavy atom. The molecular formula is C27H25ClN4O3. The number of nitrogens with one attached hydrogen (secondary N) is 1. The van der Waals surface area contributed by atoms with Gasteiger partial charge >= 0.3 is 0 Å². The third-order valence-electron chi connectivity index (χ3n) is 6.17. The third kappa shape index (κ3) is 5.00. The molecule has 5 rings (SSSR count). The summed E-state index contributed by atoms with van der Waals surface area (Å²) in [6.45, 7) is 4.61. The van der Waals surface area contributed by atoms with Crippen molar-refractivity contribution in [3.05, 3.63) is 98.8 Å². The lowest BCUT2D eigenvalue weighted by Crippen LogP contribution is -2.49. The molecule has 8 heteroatoms. The maximum absolute atomic E-state index is 13.1. The number of nitrogens with zero attached hydrogens (tertiary/aromatic N) is 3. The second-order valence-electron chi connectivity index (χ2n) is 8.58. The van der Waals surface area contributed by atoms with Gasteiger partial charge in [0.1, 0.15) is 12.4 Å². The molecule has 2 heterocycles. The van der Waals surface area contributed by atoms with E-state index in [9.17, 15) is 9.59 Å². The topological polar surface area (TPSA) is 78.5 Å². The summed E-state index contributed by atoms with van der Waals surface area (Å²) in [4.78, 5) is 36.8. The number of aromatic amines is 1. The summed E-state index contributed by atoms with van der Waals surface area (Å²) < 4.78 is 5.94. The number of amides is 1. The van der Waals surface area contributed by atoms with E-state index in [1.54, 1.807) is 12.1 Å². The summed E-state index contributed by atoms with van der Waals surface area (Å²) in [7, 11) is 0. The van der Waals surface area contributed by atoms with Gasteiger partial charge < -0.3 is 14.5 Å². The Labute approximate surface area is 207 Å². The Bertz CT molecular complexity index is 1440. The Hall–Kier alpha value is -3.84. The minimum Gasteiger partial charge on any atom is -0.489 e. The number of para-hydroxylation sites is 1. The van der Waals surface area contributed by atoms with Crippen molar-refractivity contribution in [2.75, 3.05) is 31.1 Å². The van der Waals surface area contributed by atoms with Crippen molar-refractivity contribution in [1.82, 2.24) is 14.9 Å². The number of carbonyl (C=O) groups is 1. The zero-order valence-electron chi connectivity index (χ0n) is 19.3. The highest BCUT2D eigenvalue weighted by Crippen LogP contribution is 2.23. The van der Waals surface area contributed by atoms with Crippen molar-refractivity contribution in [1.29, 1.82) is 0 Å². The first kappa shape index (κ1) is 22.9. The second kappa shape index (κ2) is 9.80. The van der Waals surface area contributed by atoms with Crippen LogP contribution in [0.15, 0.2) is 71.5 Å². The minimum absolute atomic E-state index is 0.0193. The smallest absolute Gasteiger partial charge is 0.260 e. The Balaban J connectivity index is 1.22. The van der Waals surface area contributed by atoms with E-state index < -0.39 is 0 Å². The number of piperazine rings is 1. The van der Waals surface area contributed by atoms with Crippen LogP contribution in [-0.2, 0) is 6.61 Å². The van der Waals surface area contributed by atoms with Gasteiger partial charge in [-0.1, -0.05) is 35.9 Å². The lowest BCUT2D eigenvalue weighted by Gasteiger charge is -2.35. The SMILES string of the molecule is Cc1cc(C(=O)N2CCN(c3nc4ccccc4c(=O)[nH]3)CC2)ccc1OCc1cccc(Cl)c1. The monoisotopic (exact) mass is 488 g/mol. The highest BCUT2D eigenvalue weighted by molar-refractivity contribution is 6.30. The van der Waals surface area contributed by atoms with Crippen LogP contribution in [0.1, 0.15) is 21.5 Å². The summed E-state index contributed by atoms with van der Waals surface area (Å²) in [5.41, 5.74) is 3.02. The van der Waals surface area contributed by atoms with Gasteiger partial charge in [-0.25, -0.2) is 4.98 Å². The van der Waals surface area contributed by atoms with E-state index in [0.717, 1.165) is 16.9 Å². The standard InChI is InChI=1S/C27H25ClN4O3/c1-18-15-20(9-10-24(18)35-17-19-5-4-6-21(28)16-19)26(34)31-11-13-32(14-12-31)27-29-23-8-3-2-7-22(23)25(33)30-27/h2-10,15-16H,11-14,17H2,1H3,(H,29,30,33). The number of halogens is 1. The van der Waals surface area contributed by atoms with Gasteiger partial charge in [0.25, 0.3) is 11.5 Å². The van der Waals surface area contributed by atoms with Crippen LogP contribution in [-0.4, -0.2) is 47.0 Å². The molecule has 0 aliphatic carbocycles. The zero-order chi connectivity index (χ0) is 24.4. The van der Waals surface area contributed by atoms with Crippen LogP contribution in [0.3, 0.4) is 0 Å². The highest BCUT2D eigenvalue weighted by atomic mass is 35.5. The number of ether oxygens (including phenoxy) is 1. The molecule has 4 aromatic rings. The van der Waals surface area contributed by atoms with Crippen molar-refractivity contribution in [2.45, 2.75) is 13.5 Å². The molecule has 1 N–H and O–H groups in total. The Kier molecular flexibility index (Phi) is 6.42. The van der Waals surface area contributed by atoms with Crippen LogP contribution in [0.5, 0.6) is 5.75 Å². The molecule has 1 fully saturated rings. The van der Waals surface area contributed by atoms with Crippen LogP contribution in [0.25, 0.3) is 10.9 Å². The largest absolute Gasteiger partial charge is 0.489 e. The maximum Gasteiger partial charge on any atom is 0.260 e. The van der Waals surface area contributed by atoms with Gasteiger partial charge in [-0.15, -0.1) is 0 Å². The molecule has 0 saturated carbocycles. The molecule has 7 nitrogen and oxygen atoms in total. The molecule has 3 aromatic carbocycles. The highest BCUT2D eigenvalue weighted by Gasteiger charge is 2.24. The number of rotatable bonds is 5. The molecule has 0 bridgehead atoms. The second-order valence-corrected chi connectivity index (χ2v) is 9.02. The molecular weight excluding hydrogens is 464 g/mol. The fraction of sp³-hybridized carbons (Fsp3) is 0.222. The summed E-state index contributed by atoms with van der Waals surface area (Å²) in [6.07, 6.45) is 0. The van der Waals surface area contributed by atoms with E-state index >= 15 is 0 Å². The van der Waals surface area contributed by atoms with E-state index in [0.29, 0.717) is 60.2 Å². The summed E-state index contributed by atoms with van der Waals surface area (Å²) in [6, 6.07) is 20.3. The molecule has 0 atom stereocenters. The first-order valence-corrected chi connectivity index (χ1v) is 11.9. The number of hydrogen-bond donors (Lipinski definition) is 1. The average molecular weight is 489 g/mol. The Morgan fingerprint density at radius 1 is 1.03 bits per heavy atom. The first-order chi connectivity index (χ1) is 17.0. The molecule has 178 valence electrons. The van der Waals surface area contributed by atoms with Gasteiger partial charge in [0.15, 0.2) is 0 Å². The lowest BCUT2D eigenvalue weighted by molar-refractivity contribution is 0.0746. The quantitative estimate of drug-likeness (QED) is 0.449. The number of aryl methyl sites for hydroxylation is 1. The Morgan fingerprint density at radius 3 is 2.60 bits per heavy atom. The molecule has 0 radical (unpaired) electrons. The van der Waals surface area contributed by atoms with E-state index in [1.165, 1.54) is 0 Å². The van der Waals surface area contributed by atoms with Crippen molar-refractivity contribution in [3.63, 3.8) is 0 Å². The molecule has 1 saturated heterocycles.